The summed E-state index contributed by atoms with van der Waals surface area (Å²) in [7, 11) is 1.87. The van der Waals surface area contributed by atoms with Crippen LogP contribution in [0.5, 0.6) is 0 Å². The molecule has 0 unspecified atom stereocenters. The van der Waals surface area contributed by atoms with Crippen molar-refractivity contribution in [2.45, 2.75) is 27.7 Å². The molecule has 0 radical (unpaired) electrons. The molecule has 0 fully saturated rings. The Labute approximate surface area is 97.3 Å². The number of hydrogen-bond acceptors (Lipinski definition) is 2. The normalized spacial score (nSPS) is 8.25. The van der Waals surface area contributed by atoms with Crippen molar-refractivity contribution in [1.82, 2.24) is 9.78 Å². The second kappa shape index (κ2) is 7.47. The van der Waals surface area contributed by atoms with Gasteiger partial charge in [-0.15, -0.1) is 0 Å². The lowest BCUT2D eigenvalue weighted by Gasteiger charge is -1.86. The fourth-order valence-corrected chi connectivity index (χ4v) is 1.21. The van der Waals surface area contributed by atoms with E-state index in [0.29, 0.717) is 5.56 Å². The van der Waals surface area contributed by atoms with Gasteiger partial charge in [0, 0.05) is 18.6 Å². The zero-order chi connectivity index (χ0) is 12.6. The summed E-state index contributed by atoms with van der Waals surface area (Å²) in [6.45, 7) is 8.00. The molecule has 0 spiro atoms. The molecule has 3 nitrogen and oxygen atoms in total. The average Bonchev–Trinajstić information content (AvgIpc) is 2.73. The van der Waals surface area contributed by atoms with Crippen LogP contribution in [-0.2, 0) is 7.05 Å². The van der Waals surface area contributed by atoms with E-state index in [1.165, 1.54) is 0 Å². The van der Waals surface area contributed by atoms with Crippen LogP contribution in [0, 0.1) is 11.3 Å². The third-order valence-corrected chi connectivity index (χ3v) is 1.75. The van der Waals surface area contributed by atoms with Crippen molar-refractivity contribution >= 4 is 10.9 Å². The minimum Gasteiger partial charge on any atom is -0.275 e. The number of nitrogens with zero attached hydrogens (tertiary/aromatic N) is 3. The highest BCUT2D eigenvalue weighted by molar-refractivity contribution is 5.79. The van der Waals surface area contributed by atoms with Gasteiger partial charge in [0.05, 0.1) is 17.1 Å². The van der Waals surface area contributed by atoms with Gasteiger partial charge in [-0.2, -0.15) is 10.4 Å². The van der Waals surface area contributed by atoms with Crippen molar-refractivity contribution in [3.05, 3.63) is 30.0 Å². The Morgan fingerprint density at radius 1 is 1.19 bits per heavy atom. The highest BCUT2D eigenvalue weighted by Gasteiger charge is 1.98. The van der Waals surface area contributed by atoms with E-state index in [2.05, 4.69) is 11.2 Å². The molecule has 86 valence electrons. The van der Waals surface area contributed by atoms with Crippen LogP contribution in [-0.4, -0.2) is 9.78 Å². The molecule has 0 saturated heterocycles. The van der Waals surface area contributed by atoms with Crippen LogP contribution in [0.4, 0.5) is 0 Å². The fraction of sp³-hybridized carbons (Fsp3) is 0.385. The maximum absolute atomic E-state index is 8.62. The number of hydrogen-bond donors (Lipinski definition) is 0. The molecule has 16 heavy (non-hydrogen) atoms. The Morgan fingerprint density at radius 3 is 2.38 bits per heavy atom. The number of fused-ring (bicyclic) bond motifs is 1. The molecule has 2 rings (SSSR count). The zero-order valence-corrected chi connectivity index (χ0v) is 10.7. The molecule has 0 amide bonds. The first-order chi connectivity index (χ1) is 7.79. The molecule has 1 aromatic carbocycles. The van der Waals surface area contributed by atoms with Gasteiger partial charge >= 0.3 is 0 Å². The van der Waals surface area contributed by atoms with E-state index in [0.717, 1.165) is 10.9 Å². The van der Waals surface area contributed by atoms with Crippen LogP contribution >= 0.6 is 0 Å². The first-order valence-corrected chi connectivity index (χ1v) is 5.63. The van der Waals surface area contributed by atoms with Gasteiger partial charge in [0.25, 0.3) is 0 Å². The summed E-state index contributed by atoms with van der Waals surface area (Å²) in [4.78, 5) is 0. The topological polar surface area (TPSA) is 41.6 Å². The Hall–Kier alpha value is -1.82. The average molecular weight is 217 g/mol. The van der Waals surface area contributed by atoms with Crippen molar-refractivity contribution < 1.29 is 0 Å². The number of rotatable bonds is 0. The van der Waals surface area contributed by atoms with Gasteiger partial charge in [-0.25, -0.2) is 0 Å². The van der Waals surface area contributed by atoms with Crippen LogP contribution < -0.4 is 0 Å². The summed E-state index contributed by atoms with van der Waals surface area (Å²) in [6.07, 6.45) is 1.93. The first kappa shape index (κ1) is 14.2. The first-order valence-electron chi connectivity index (χ1n) is 5.63. The van der Waals surface area contributed by atoms with Crippen LogP contribution in [0.3, 0.4) is 0 Å². The molecule has 2 aromatic rings. The lowest BCUT2D eigenvalue weighted by atomic mass is 10.2. The summed E-state index contributed by atoms with van der Waals surface area (Å²) >= 11 is 0. The lowest BCUT2D eigenvalue weighted by molar-refractivity contribution is 0.779. The molecule has 1 aromatic heterocycles. The van der Waals surface area contributed by atoms with Crippen molar-refractivity contribution in [3.8, 4) is 6.07 Å². The third-order valence-electron chi connectivity index (χ3n) is 1.75. The Kier molecular flexibility index (Phi) is 6.62. The van der Waals surface area contributed by atoms with E-state index in [-0.39, 0.29) is 0 Å². The van der Waals surface area contributed by atoms with E-state index in [1.54, 1.807) is 16.8 Å². The number of nitriles is 1. The van der Waals surface area contributed by atoms with Gasteiger partial charge in [0.1, 0.15) is 0 Å². The monoisotopic (exact) mass is 217 g/mol. The van der Waals surface area contributed by atoms with E-state index in [4.69, 9.17) is 5.26 Å². The molecule has 0 aliphatic carbocycles. The van der Waals surface area contributed by atoms with Gasteiger partial charge in [0.2, 0.25) is 0 Å². The predicted octanol–water partition coefficient (Wildman–Crippen LogP) is 3.50. The second-order valence-electron chi connectivity index (χ2n) is 2.69. The second-order valence-corrected chi connectivity index (χ2v) is 2.69. The molecule has 0 aliphatic rings. The molecular weight excluding hydrogens is 198 g/mol. The zero-order valence-electron chi connectivity index (χ0n) is 10.7. The van der Waals surface area contributed by atoms with Gasteiger partial charge in [-0.1, -0.05) is 27.7 Å². The summed E-state index contributed by atoms with van der Waals surface area (Å²) in [5, 5.41) is 13.9. The van der Waals surface area contributed by atoms with Crippen molar-refractivity contribution in [1.29, 1.82) is 5.26 Å². The fourth-order valence-electron chi connectivity index (χ4n) is 1.21. The molecule has 0 N–H and O–H groups in total. The van der Waals surface area contributed by atoms with Crippen LogP contribution in [0.2, 0.25) is 0 Å². The highest BCUT2D eigenvalue weighted by Crippen LogP contribution is 2.12. The smallest absolute Gasteiger partial charge is 0.0992 e. The molecule has 3 heteroatoms. The SMILES string of the molecule is CC.CC.Cn1cc2ccc(C#N)cc2n1. The van der Waals surface area contributed by atoms with Crippen molar-refractivity contribution in [3.63, 3.8) is 0 Å². The van der Waals surface area contributed by atoms with E-state index < -0.39 is 0 Å². The molecule has 0 aliphatic heterocycles. The standard InChI is InChI=1S/C9H7N3.2C2H6/c1-12-6-8-3-2-7(5-10)4-9(8)11-12;2*1-2/h2-4,6H,1H3;2*1-2H3. The van der Waals surface area contributed by atoms with E-state index in [1.807, 2.05) is 47.0 Å². The summed E-state index contributed by atoms with van der Waals surface area (Å²) in [6, 6.07) is 7.57. The lowest BCUT2D eigenvalue weighted by Crippen LogP contribution is -1.84. The van der Waals surface area contributed by atoms with Gasteiger partial charge in [-0.05, 0) is 18.2 Å². The van der Waals surface area contributed by atoms with E-state index in [9.17, 15) is 0 Å². The van der Waals surface area contributed by atoms with Crippen LogP contribution in [0.25, 0.3) is 10.9 Å². The Bertz CT molecular complexity index is 463. The summed E-state index contributed by atoms with van der Waals surface area (Å²) < 4.78 is 1.74. The van der Waals surface area contributed by atoms with Crippen LogP contribution in [0.15, 0.2) is 24.4 Å². The van der Waals surface area contributed by atoms with Gasteiger partial charge < -0.3 is 0 Å². The minimum absolute atomic E-state index is 0.654. The number of benzene rings is 1. The van der Waals surface area contributed by atoms with Crippen molar-refractivity contribution in [2.75, 3.05) is 0 Å². The molecule has 0 saturated carbocycles. The van der Waals surface area contributed by atoms with Gasteiger partial charge in [-0.3, -0.25) is 4.68 Å². The Balaban J connectivity index is 0.000000509. The summed E-state index contributed by atoms with van der Waals surface area (Å²) in [5.41, 5.74) is 1.53. The third kappa shape index (κ3) is 3.39. The highest BCUT2D eigenvalue weighted by atomic mass is 15.2. The number of aryl methyl sites for hydroxylation is 1. The predicted molar refractivity (Wildman–Crippen MR) is 68.1 cm³/mol. The quantitative estimate of drug-likeness (QED) is 0.677. The maximum Gasteiger partial charge on any atom is 0.0992 e. The maximum atomic E-state index is 8.62. The largest absolute Gasteiger partial charge is 0.275 e. The minimum atomic E-state index is 0.654. The van der Waals surface area contributed by atoms with Crippen molar-refractivity contribution in [2.24, 2.45) is 7.05 Å². The van der Waals surface area contributed by atoms with Gasteiger partial charge in [0.15, 0.2) is 0 Å². The molecule has 0 bridgehead atoms. The van der Waals surface area contributed by atoms with Crippen LogP contribution in [0.1, 0.15) is 33.3 Å². The number of aromatic nitrogens is 2. The Morgan fingerprint density at radius 2 is 1.81 bits per heavy atom. The molecule has 0 atom stereocenters. The van der Waals surface area contributed by atoms with E-state index >= 15 is 0 Å². The summed E-state index contributed by atoms with van der Waals surface area (Å²) in [5.74, 6) is 0. The molecule has 1 heterocycles. The molecular formula is C13H19N3.